The van der Waals surface area contributed by atoms with Crippen molar-refractivity contribution in [1.29, 1.82) is 0 Å². The molecule has 0 N–H and O–H groups in total. The lowest BCUT2D eigenvalue weighted by Gasteiger charge is -2.36. The molecule has 0 aliphatic heterocycles. The van der Waals surface area contributed by atoms with Crippen molar-refractivity contribution in [2.24, 2.45) is 28.0 Å². The van der Waals surface area contributed by atoms with Crippen LogP contribution in [0.3, 0.4) is 0 Å². The molecule has 1 aliphatic carbocycles. The van der Waals surface area contributed by atoms with Gasteiger partial charge in [-0.25, -0.2) is 4.79 Å². The Hall–Kier alpha value is -2.69. The van der Waals surface area contributed by atoms with Gasteiger partial charge in [0.15, 0.2) is 0 Å². The van der Waals surface area contributed by atoms with Crippen LogP contribution in [-0.4, -0.2) is 18.7 Å². The number of unbranched alkanes of at least 4 members (excludes halogenated alkanes) is 3. The van der Waals surface area contributed by atoms with Crippen LogP contribution in [-0.2, 0) is 4.74 Å². The van der Waals surface area contributed by atoms with Crippen molar-refractivity contribution in [1.82, 2.24) is 0 Å². The third-order valence-corrected chi connectivity index (χ3v) is 6.71. The lowest BCUT2D eigenvalue weighted by molar-refractivity contribution is -0.0174. The third kappa shape index (κ3) is 7.96. The first-order valence-electron chi connectivity index (χ1n) is 12.9. The summed E-state index contributed by atoms with van der Waals surface area (Å²) < 4.78 is 11.7. The van der Waals surface area contributed by atoms with Gasteiger partial charge in [0, 0.05) is 0 Å². The average molecular weight is 465 g/mol. The van der Waals surface area contributed by atoms with E-state index in [2.05, 4.69) is 37.9 Å². The second-order valence-corrected chi connectivity index (χ2v) is 9.92. The summed E-state index contributed by atoms with van der Waals surface area (Å²) in [6, 6.07) is 14.8. The fraction of sp³-hybridized carbons (Fsp3) is 0.552. The van der Waals surface area contributed by atoms with Crippen LogP contribution < -0.4 is 4.74 Å². The van der Waals surface area contributed by atoms with Crippen molar-refractivity contribution in [3.63, 3.8) is 0 Å². The summed E-state index contributed by atoms with van der Waals surface area (Å²) >= 11 is 0. The van der Waals surface area contributed by atoms with Crippen molar-refractivity contribution < 1.29 is 14.3 Å². The van der Waals surface area contributed by atoms with Crippen molar-refractivity contribution in [2.45, 2.75) is 78.7 Å². The summed E-state index contributed by atoms with van der Waals surface area (Å²) in [5.74, 6) is 2.15. The average Bonchev–Trinajstić information content (AvgIpc) is 2.83. The minimum absolute atomic E-state index is 0.00101. The van der Waals surface area contributed by atoms with Crippen LogP contribution in [0.4, 0.5) is 11.4 Å². The lowest BCUT2D eigenvalue weighted by Crippen LogP contribution is -2.35. The van der Waals surface area contributed by atoms with Crippen LogP contribution in [0, 0.1) is 17.8 Å². The number of hydrogen-bond acceptors (Lipinski definition) is 5. The van der Waals surface area contributed by atoms with Crippen molar-refractivity contribution in [3.8, 4) is 5.75 Å². The van der Waals surface area contributed by atoms with Gasteiger partial charge in [-0.2, -0.15) is 10.2 Å². The minimum atomic E-state index is -0.251. The molecule has 1 saturated carbocycles. The molecule has 0 aromatic heterocycles. The van der Waals surface area contributed by atoms with Crippen LogP contribution in [0.1, 0.15) is 83.0 Å². The van der Waals surface area contributed by atoms with Gasteiger partial charge < -0.3 is 9.47 Å². The van der Waals surface area contributed by atoms with Crippen LogP contribution in [0.15, 0.2) is 58.8 Å². The standard InChI is InChI=1S/C29H40N2O3/c1-5-6-7-8-19-33-26-16-14-25(15-17-26)31-30-24-12-10-23(11-13-24)29(32)34-28-20-22(4)9-18-27(28)21(2)3/h10-17,21-22,27-28H,5-9,18-20H2,1-4H3/t22-,27+,28-/m0/s1. The van der Waals surface area contributed by atoms with Gasteiger partial charge in [-0.1, -0.05) is 53.4 Å². The van der Waals surface area contributed by atoms with E-state index in [9.17, 15) is 4.79 Å². The third-order valence-electron chi connectivity index (χ3n) is 6.71. The molecule has 2 aromatic rings. The lowest BCUT2D eigenvalue weighted by atomic mass is 9.75. The molecule has 5 heteroatoms. The summed E-state index contributed by atoms with van der Waals surface area (Å²) in [4.78, 5) is 12.7. The Morgan fingerprint density at radius 1 is 0.941 bits per heavy atom. The van der Waals surface area contributed by atoms with Gasteiger partial charge in [-0.15, -0.1) is 0 Å². The molecule has 0 bridgehead atoms. The molecule has 0 spiro atoms. The van der Waals surface area contributed by atoms with E-state index >= 15 is 0 Å². The topological polar surface area (TPSA) is 60.2 Å². The molecule has 2 aromatic carbocycles. The Morgan fingerprint density at radius 2 is 1.59 bits per heavy atom. The smallest absolute Gasteiger partial charge is 0.338 e. The van der Waals surface area contributed by atoms with Crippen LogP contribution >= 0.6 is 0 Å². The molecule has 1 aliphatic rings. The SMILES string of the molecule is CCCCCCOc1ccc(N=Nc2ccc(C(=O)O[C@H]3C[C@@H](C)CC[C@@H]3C(C)C)cc2)cc1. The molecule has 0 saturated heterocycles. The van der Waals surface area contributed by atoms with E-state index in [0.29, 0.717) is 29.0 Å². The molecule has 184 valence electrons. The quantitative estimate of drug-likeness (QED) is 0.190. The van der Waals surface area contributed by atoms with Gasteiger partial charge in [0.05, 0.1) is 23.5 Å². The maximum atomic E-state index is 12.7. The summed E-state index contributed by atoms with van der Waals surface area (Å²) in [6.45, 7) is 9.63. The number of carbonyl (C=O) groups excluding carboxylic acids is 1. The largest absolute Gasteiger partial charge is 0.494 e. The normalized spacial score (nSPS) is 20.6. The number of carbonyl (C=O) groups is 1. The van der Waals surface area contributed by atoms with E-state index in [4.69, 9.17) is 9.47 Å². The Bertz CT molecular complexity index is 906. The highest BCUT2D eigenvalue weighted by molar-refractivity contribution is 5.89. The van der Waals surface area contributed by atoms with Gasteiger partial charge in [0.25, 0.3) is 0 Å². The second kappa shape index (κ2) is 13.3. The highest BCUT2D eigenvalue weighted by Crippen LogP contribution is 2.35. The van der Waals surface area contributed by atoms with E-state index in [-0.39, 0.29) is 12.1 Å². The maximum Gasteiger partial charge on any atom is 0.338 e. The molecule has 0 radical (unpaired) electrons. The summed E-state index contributed by atoms with van der Waals surface area (Å²) in [7, 11) is 0. The molecular weight excluding hydrogens is 424 g/mol. The summed E-state index contributed by atoms with van der Waals surface area (Å²) in [5, 5.41) is 8.59. The summed E-state index contributed by atoms with van der Waals surface area (Å²) in [6.07, 6.45) is 8.05. The minimum Gasteiger partial charge on any atom is -0.494 e. The first kappa shape index (κ1) is 25.9. The zero-order valence-corrected chi connectivity index (χ0v) is 21.2. The predicted molar refractivity (Wildman–Crippen MR) is 137 cm³/mol. The highest BCUT2D eigenvalue weighted by Gasteiger charge is 2.33. The van der Waals surface area contributed by atoms with Crippen LogP contribution in [0.2, 0.25) is 0 Å². The zero-order valence-electron chi connectivity index (χ0n) is 21.2. The predicted octanol–water partition coefficient (Wildman–Crippen LogP) is 8.68. The van der Waals surface area contributed by atoms with Crippen molar-refractivity contribution in [3.05, 3.63) is 54.1 Å². The molecule has 0 unspecified atom stereocenters. The number of esters is 1. The van der Waals surface area contributed by atoms with Crippen LogP contribution in [0.5, 0.6) is 5.75 Å². The molecule has 34 heavy (non-hydrogen) atoms. The van der Waals surface area contributed by atoms with E-state index in [1.165, 1.54) is 25.7 Å². The highest BCUT2D eigenvalue weighted by atomic mass is 16.5. The number of ether oxygens (including phenoxy) is 2. The first-order chi connectivity index (χ1) is 16.5. The van der Waals surface area contributed by atoms with Crippen molar-refractivity contribution >= 4 is 17.3 Å². The molecule has 0 amide bonds. The molecule has 5 nitrogen and oxygen atoms in total. The first-order valence-corrected chi connectivity index (χ1v) is 12.9. The summed E-state index contributed by atoms with van der Waals surface area (Å²) in [5.41, 5.74) is 2.01. The fourth-order valence-corrected chi connectivity index (χ4v) is 4.56. The Balaban J connectivity index is 1.51. The Morgan fingerprint density at radius 3 is 2.21 bits per heavy atom. The van der Waals surface area contributed by atoms with E-state index < -0.39 is 0 Å². The van der Waals surface area contributed by atoms with Crippen molar-refractivity contribution in [2.75, 3.05) is 6.61 Å². The molecule has 1 fully saturated rings. The number of hydrogen-bond donors (Lipinski definition) is 0. The second-order valence-electron chi connectivity index (χ2n) is 9.92. The molecule has 0 heterocycles. The molecular formula is C29H40N2O3. The molecule has 3 atom stereocenters. The van der Waals surface area contributed by atoms with Gasteiger partial charge in [-0.3, -0.25) is 0 Å². The van der Waals surface area contributed by atoms with Crippen LogP contribution in [0.25, 0.3) is 0 Å². The maximum absolute atomic E-state index is 12.7. The zero-order chi connectivity index (χ0) is 24.3. The number of nitrogens with zero attached hydrogens (tertiary/aromatic N) is 2. The van der Waals surface area contributed by atoms with E-state index in [0.717, 1.165) is 37.3 Å². The number of rotatable bonds is 11. The Kier molecular flexibility index (Phi) is 10.1. The van der Waals surface area contributed by atoms with E-state index in [1.54, 1.807) is 24.3 Å². The van der Waals surface area contributed by atoms with Gasteiger partial charge in [0.2, 0.25) is 0 Å². The molecule has 3 rings (SSSR count). The van der Waals surface area contributed by atoms with E-state index in [1.807, 2.05) is 24.3 Å². The monoisotopic (exact) mass is 464 g/mol. The number of azo groups is 1. The van der Waals surface area contributed by atoms with Gasteiger partial charge in [-0.05, 0) is 85.5 Å². The van der Waals surface area contributed by atoms with Gasteiger partial charge >= 0.3 is 5.97 Å². The van der Waals surface area contributed by atoms with Gasteiger partial charge in [0.1, 0.15) is 11.9 Å². The number of benzene rings is 2. The fourth-order valence-electron chi connectivity index (χ4n) is 4.56. The Labute approximate surface area is 205 Å².